The molecule has 0 aliphatic rings. The first-order valence-corrected chi connectivity index (χ1v) is 14.0. The number of aliphatic hydroxyl groups excluding tert-OH is 1. The van der Waals surface area contributed by atoms with E-state index in [1.165, 1.54) is 29.0 Å². The molecule has 0 aliphatic carbocycles. The Morgan fingerprint density at radius 1 is 1.00 bits per heavy atom. The molecule has 205 valence electrons. The maximum Gasteiger partial charge on any atom is 0.162 e. The summed E-state index contributed by atoms with van der Waals surface area (Å²) in [4.78, 5) is 16.3. The normalized spacial score (nSPS) is 11.6. The first-order chi connectivity index (χ1) is 17.7. The average Bonchev–Trinajstić information content (AvgIpc) is 3.26. The van der Waals surface area contributed by atoms with Gasteiger partial charge in [-0.05, 0) is 43.2 Å². The van der Waals surface area contributed by atoms with Gasteiger partial charge < -0.3 is 10.1 Å². The van der Waals surface area contributed by atoms with Crippen molar-refractivity contribution in [3.8, 4) is 11.3 Å². The van der Waals surface area contributed by atoms with E-state index in [9.17, 15) is 14.3 Å². The number of aliphatic hydroxyl groups is 1. The topological polar surface area (TPSA) is 50.2 Å². The fourth-order valence-corrected chi connectivity index (χ4v) is 5.89. The van der Waals surface area contributed by atoms with Gasteiger partial charge in [-0.25, -0.2) is 4.39 Å². The molecule has 0 aliphatic heterocycles. The van der Waals surface area contributed by atoms with E-state index in [1.54, 1.807) is 12.3 Å². The van der Waals surface area contributed by atoms with Crippen LogP contribution in [-0.2, 0) is 24.9 Å². The van der Waals surface area contributed by atoms with Crippen LogP contribution in [0.15, 0.2) is 54.4 Å². The molecule has 0 spiro atoms. The Kier molecular flexibility index (Phi) is 12.3. The number of thiophene rings is 1. The van der Waals surface area contributed by atoms with Crippen molar-refractivity contribution in [2.45, 2.75) is 67.2 Å². The second-order valence-electron chi connectivity index (χ2n) is 9.51. The second kappa shape index (κ2) is 14.7. The molecular formula is C32H37FIrNO2S-. The minimum atomic E-state index is -0.172. The number of halogens is 1. The first-order valence-electron chi connectivity index (χ1n) is 13.1. The van der Waals surface area contributed by atoms with E-state index in [0.717, 1.165) is 58.0 Å². The number of carbonyl (C=O) groups is 1. The van der Waals surface area contributed by atoms with Gasteiger partial charge in [0.05, 0.1) is 10.5 Å². The molecule has 0 bridgehead atoms. The van der Waals surface area contributed by atoms with Gasteiger partial charge in [0.15, 0.2) is 5.78 Å². The summed E-state index contributed by atoms with van der Waals surface area (Å²) in [6, 6.07) is 14.7. The standard InChI is InChI=1S/C19H13FNS.C13H24O2.Ir/c1-11-8-12(2)10-13(9-11)17-19-15(6-7-21-17)14-4-3-5-16(20)18(14)22-19;1-5-10(6-2)12(14)9-13(15)11(7-3)8-4;/h3-9H,1-2H3;9-11,14H,5-8H2,1-4H3;/q-1;;/b;12-9-;. The number of carbonyl (C=O) groups excluding carboxylic acids is 1. The quantitative estimate of drug-likeness (QED) is 0.113. The van der Waals surface area contributed by atoms with Gasteiger partial charge in [-0.1, -0.05) is 53.7 Å². The van der Waals surface area contributed by atoms with Crippen LogP contribution in [0.2, 0.25) is 0 Å². The summed E-state index contributed by atoms with van der Waals surface area (Å²) in [5.41, 5.74) is 4.11. The predicted octanol–water partition coefficient (Wildman–Crippen LogP) is 9.54. The van der Waals surface area contributed by atoms with Gasteiger partial charge in [-0.15, -0.1) is 46.2 Å². The van der Waals surface area contributed by atoms with Gasteiger partial charge in [0.25, 0.3) is 0 Å². The Balaban J connectivity index is 0.000000282. The molecule has 0 fully saturated rings. The van der Waals surface area contributed by atoms with Crippen molar-refractivity contribution in [3.05, 3.63) is 77.4 Å². The molecule has 38 heavy (non-hydrogen) atoms. The van der Waals surface area contributed by atoms with E-state index in [-0.39, 0.29) is 49.3 Å². The molecule has 1 radical (unpaired) electrons. The van der Waals surface area contributed by atoms with Gasteiger partial charge in [-0.2, -0.15) is 0 Å². The van der Waals surface area contributed by atoms with Crippen molar-refractivity contribution < 1.29 is 34.4 Å². The fourth-order valence-electron chi connectivity index (χ4n) is 4.68. The molecule has 6 heteroatoms. The van der Waals surface area contributed by atoms with Gasteiger partial charge in [0, 0.05) is 60.0 Å². The van der Waals surface area contributed by atoms with Crippen LogP contribution in [0.5, 0.6) is 0 Å². The van der Waals surface area contributed by atoms with Crippen molar-refractivity contribution in [1.82, 2.24) is 4.98 Å². The molecule has 1 N–H and O–H groups in total. The summed E-state index contributed by atoms with van der Waals surface area (Å²) in [5.74, 6) is 0.375. The minimum absolute atomic E-state index is 0. The number of hydrogen-bond acceptors (Lipinski definition) is 4. The number of aryl methyl sites for hydroxylation is 2. The zero-order valence-electron chi connectivity index (χ0n) is 23.0. The number of ketones is 1. The molecule has 0 saturated heterocycles. The van der Waals surface area contributed by atoms with Crippen molar-refractivity contribution >= 4 is 37.3 Å². The Morgan fingerprint density at radius 3 is 2.24 bits per heavy atom. The molecule has 2 aromatic heterocycles. The molecule has 2 aromatic carbocycles. The second-order valence-corrected chi connectivity index (χ2v) is 10.5. The summed E-state index contributed by atoms with van der Waals surface area (Å²) in [6.45, 7) is 12.2. The van der Waals surface area contributed by atoms with E-state index in [1.807, 2.05) is 46.8 Å². The minimum Gasteiger partial charge on any atom is -0.512 e. The zero-order valence-corrected chi connectivity index (χ0v) is 26.2. The van der Waals surface area contributed by atoms with Crippen LogP contribution in [0.1, 0.15) is 64.5 Å². The summed E-state index contributed by atoms with van der Waals surface area (Å²) in [5, 5.41) is 11.8. The van der Waals surface area contributed by atoms with Crippen LogP contribution in [0.25, 0.3) is 31.4 Å². The number of fused-ring (bicyclic) bond motifs is 3. The number of benzene rings is 2. The average molecular weight is 711 g/mol. The van der Waals surface area contributed by atoms with Crippen molar-refractivity contribution in [2.75, 3.05) is 0 Å². The summed E-state index contributed by atoms with van der Waals surface area (Å²) < 4.78 is 15.8. The maximum atomic E-state index is 14.1. The van der Waals surface area contributed by atoms with E-state index in [4.69, 9.17) is 0 Å². The number of pyridine rings is 1. The van der Waals surface area contributed by atoms with Gasteiger partial charge in [0.1, 0.15) is 5.82 Å². The van der Waals surface area contributed by atoms with Crippen LogP contribution in [0.4, 0.5) is 4.39 Å². The maximum absolute atomic E-state index is 14.1. The third-order valence-electron chi connectivity index (χ3n) is 6.85. The molecule has 0 unspecified atom stereocenters. The Labute approximate surface area is 243 Å². The number of rotatable bonds is 8. The van der Waals surface area contributed by atoms with Crippen LogP contribution in [-0.4, -0.2) is 15.9 Å². The predicted molar refractivity (Wildman–Crippen MR) is 155 cm³/mol. The molecule has 0 amide bonds. The summed E-state index contributed by atoms with van der Waals surface area (Å²) in [7, 11) is 0. The molecule has 3 nitrogen and oxygen atoms in total. The smallest absolute Gasteiger partial charge is 0.162 e. The molecule has 0 atom stereocenters. The van der Waals surface area contributed by atoms with E-state index >= 15 is 0 Å². The van der Waals surface area contributed by atoms with Crippen LogP contribution in [0.3, 0.4) is 0 Å². The fraction of sp³-hybridized carbons (Fsp3) is 0.375. The number of aromatic nitrogens is 1. The summed E-state index contributed by atoms with van der Waals surface area (Å²) in [6.07, 6.45) is 6.70. The van der Waals surface area contributed by atoms with Gasteiger partial charge in [-0.3, -0.25) is 4.79 Å². The molecule has 4 rings (SSSR count). The monoisotopic (exact) mass is 711 g/mol. The van der Waals surface area contributed by atoms with Crippen molar-refractivity contribution in [1.29, 1.82) is 0 Å². The van der Waals surface area contributed by atoms with E-state index < -0.39 is 0 Å². The molecular weight excluding hydrogens is 674 g/mol. The third kappa shape index (κ3) is 7.37. The first kappa shape index (κ1) is 31.8. The number of nitrogens with zero attached hydrogens (tertiary/aromatic N) is 1. The van der Waals surface area contributed by atoms with Crippen LogP contribution < -0.4 is 0 Å². The molecule has 2 heterocycles. The Morgan fingerprint density at radius 2 is 1.63 bits per heavy atom. The largest absolute Gasteiger partial charge is 0.512 e. The van der Waals surface area contributed by atoms with Crippen molar-refractivity contribution in [3.63, 3.8) is 0 Å². The molecule has 4 aromatic rings. The third-order valence-corrected chi connectivity index (χ3v) is 8.09. The van der Waals surface area contributed by atoms with E-state index in [2.05, 4.69) is 30.1 Å². The summed E-state index contributed by atoms with van der Waals surface area (Å²) >= 11 is 1.46. The van der Waals surface area contributed by atoms with Crippen LogP contribution >= 0.6 is 11.3 Å². The number of hydrogen-bond donors (Lipinski definition) is 1. The Bertz CT molecular complexity index is 1380. The van der Waals surface area contributed by atoms with Crippen LogP contribution in [0, 0.1) is 37.6 Å². The van der Waals surface area contributed by atoms with Gasteiger partial charge >= 0.3 is 0 Å². The zero-order chi connectivity index (χ0) is 27.1. The Hall–Kier alpha value is -2.40. The van der Waals surface area contributed by atoms with E-state index in [0.29, 0.717) is 4.70 Å². The number of allylic oxidation sites excluding steroid dienone is 2. The molecule has 0 saturated carbocycles. The SMILES string of the molecule is CCC(CC)C(=O)/C=C(\O)C(CC)CC.Cc1[c-]c(-c2nccc3c2sc2c(F)cccc23)cc(C)c1.[Ir]. The van der Waals surface area contributed by atoms with Crippen molar-refractivity contribution in [2.24, 2.45) is 11.8 Å². The van der Waals surface area contributed by atoms with Gasteiger partial charge in [0.2, 0.25) is 0 Å².